The molecule has 0 saturated carbocycles. The number of rotatable bonds is 6. The third-order valence-electron chi connectivity index (χ3n) is 3.49. The third-order valence-corrected chi connectivity index (χ3v) is 4.36. The van der Waals surface area contributed by atoms with E-state index in [0.29, 0.717) is 22.4 Å². The van der Waals surface area contributed by atoms with Crippen LogP contribution in [0.1, 0.15) is 28.1 Å². The van der Waals surface area contributed by atoms with Gasteiger partial charge in [0.05, 0.1) is 11.6 Å². The van der Waals surface area contributed by atoms with Crippen LogP contribution in [0.15, 0.2) is 52.1 Å². The van der Waals surface area contributed by atoms with Gasteiger partial charge >= 0.3 is 0 Å². The molecule has 5 nitrogen and oxygen atoms in total. The average Bonchev–Trinajstić information content (AvgIpc) is 3.05. The first-order valence-corrected chi connectivity index (χ1v) is 8.77. The Labute approximate surface area is 150 Å². The lowest BCUT2D eigenvalue weighted by Crippen LogP contribution is -1.96. The van der Waals surface area contributed by atoms with E-state index in [0.717, 1.165) is 22.4 Å². The van der Waals surface area contributed by atoms with Gasteiger partial charge in [0.15, 0.2) is 6.61 Å². The predicted molar refractivity (Wildman–Crippen MR) is 95.3 cm³/mol. The molecule has 6 heteroatoms. The molecular formula is C19H17N3O2S. The number of aromatic nitrogens is 2. The van der Waals surface area contributed by atoms with Crippen molar-refractivity contribution in [2.24, 2.45) is 0 Å². The molecular weight excluding hydrogens is 334 g/mol. The molecule has 0 atom stereocenters. The molecule has 0 unspecified atom stereocenters. The first kappa shape index (κ1) is 17.1. The quantitative estimate of drug-likeness (QED) is 0.612. The average molecular weight is 351 g/mol. The summed E-state index contributed by atoms with van der Waals surface area (Å²) >= 11 is 1.40. The summed E-state index contributed by atoms with van der Waals surface area (Å²) in [7, 11) is 0. The summed E-state index contributed by atoms with van der Waals surface area (Å²) in [6, 6.07) is 15.7. The lowest BCUT2D eigenvalue weighted by Gasteiger charge is -2.05. The van der Waals surface area contributed by atoms with Crippen LogP contribution in [-0.2, 0) is 12.4 Å². The van der Waals surface area contributed by atoms with E-state index in [1.54, 1.807) is 6.07 Å². The number of hydrogen-bond donors (Lipinski definition) is 0. The molecule has 1 aromatic heterocycles. The van der Waals surface area contributed by atoms with Gasteiger partial charge < -0.3 is 9.15 Å². The fourth-order valence-corrected chi connectivity index (χ4v) is 3.20. The Balaban J connectivity index is 1.58. The molecule has 126 valence electrons. The molecule has 0 aliphatic rings. The zero-order valence-electron chi connectivity index (χ0n) is 14.0. The minimum atomic E-state index is 0.227. The Morgan fingerprint density at radius 2 is 1.88 bits per heavy atom. The van der Waals surface area contributed by atoms with E-state index in [1.807, 2.05) is 44.2 Å². The molecule has 0 bridgehead atoms. The van der Waals surface area contributed by atoms with Gasteiger partial charge in [0.25, 0.3) is 11.1 Å². The van der Waals surface area contributed by atoms with Gasteiger partial charge in [-0.25, -0.2) is 0 Å². The highest BCUT2D eigenvalue weighted by Crippen LogP contribution is 2.24. The second-order valence-corrected chi connectivity index (χ2v) is 6.56. The number of benzene rings is 2. The Hall–Kier alpha value is -2.78. The summed E-state index contributed by atoms with van der Waals surface area (Å²) in [5, 5.41) is 17.6. The van der Waals surface area contributed by atoms with Gasteiger partial charge in [0, 0.05) is 5.75 Å². The molecule has 1 heterocycles. The van der Waals surface area contributed by atoms with Crippen LogP contribution >= 0.6 is 11.8 Å². The minimum absolute atomic E-state index is 0.227. The summed E-state index contributed by atoms with van der Waals surface area (Å²) in [5.41, 5.74) is 3.90. The van der Waals surface area contributed by atoms with Crippen molar-refractivity contribution in [3.63, 3.8) is 0 Å². The minimum Gasteiger partial charge on any atom is -0.484 e. The monoisotopic (exact) mass is 351 g/mol. The predicted octanol–water partition coefficient (Wildman–Crippen LogP) is 4.43. The van der Waals surface area contributed by atoms with Crippen molar-refractivity contribution >= 4 is 11.8 Å². The van der Waals surface area contributed by atoms with Gasteiger partial charge in [-0.1, -0.05) is 36.0 Å². The van der Waals surface area contributed by atoms with E-state index in [-0.39, 0.29) is 6.61 Å². The molecule has 0 aliphatic carbocycles. The number of thioether (sulfide) groups is 1. The van der Waals surface area contributed by atoms with Gasteiger partial charge in [-0.2, -0.15) is 5.26 Å². The Morgan fingerprint density at radius 3 is 2.64 bits per heavy atom. The fraction of sp³-hybridized carbons (Fsp3) is 0.211. The summed E-state index contributed by atoms with van der Waals surface area (Å²) in [4.78, 5) is 0. The van der Waals surface area contributed by atoms with E-state index >= 15 is 0 Å². The molecule has 0 radical (unpaired) electrons. The molecule has 0 N–H and O–H groups in total. The maximum absolute atomic E-state index is 9.11. The normalized spacial score (nSPS) is 10.4. The molecule has 0 amide bonds. The lowest BCUT2D eigenvalue weighted by molar-refractivity contribution is 0.252. The van der Waals surface area contributed by atoms with Crippen molar-refractivity contribution in [2.45, 2.75) is 31.4 Å². The second-order valence-electron chi connectivity index (χ2n) is 5.63. The molecule has 0 aliphatic heterocycles. The first-order valence-electron chi connectivity index (χ1n) is 7.78. The smallest absolute Gasteiger partial charge is 0.277 e. The van der Waals surface area contributed by atoms with Crippen molar-refractivity contribution in [1.82, 2.24) is 10.2 Å². The highest BCUT2D eigenvalue weighted by atomic mass is 32.2. The zero-order valence-corrected chi connectivity index (χ0v) is 14.8. The van der Waals surface area contributed by atoms with E-state index in [9.17, 15) is 0 Å². The maximum Gasteiger partial charge on any atom is 0.277 e. The van der Waals surface area contributed by atoms with Crippen LogP contribution in [0.5, 0.6) is 5.75 Å². The molecule has 25 heavy (non-hydrogen) atoms. The Bertz CT molecular complexity index is 895. The lowest BCUT2D eigenvalue weighted by atomic mass is 10.1. The van der Waals surface area contributed by atoms with Crippen molar-refractivity contribution in [3.05, 3.63) is 70.6 Å². The SMILES string of the molecule is Cc1cc(C)cc(OCc2nnc(SCc3ccccc3C#N)o2)c1. The van der Waals surface area contributed by atoms with Crippen LogP contribution in [0.25, 0.3) is 0 Å². The maximum atomic E-state index is 9.11. The molecule has 0 saturated heterocycles. The second kappa shape index (κ2) is 7.86. The van der Waals surface area contributed by atoms with Gasteiger partial charge in [-0.3, -0.25) is 0 Å². The van der Waals surface area contributed by atoms with Gasteiger partial charge in [-0.05, 0) is 48.7 Å². The van der Waals surface area contributed by atoms with Crippen LogP contribution in [0, 0.1) is 25.2 Å². The van der Waals surface area contributed by atoms with Crippen molar-refractivity contribution in [3.8, 4) is 11.8 Å². The van der Waals surface area contributed by atoms with Crippen LogP contribution in [0.3, 0.4) is 0 Å². The summed E-state index contributed by atoms with van der Waals surface area (Å²) in [6.45, 7) is 4.28. The zero-order chi connectivity index (χ0) is 17.6. The van der Waals surface area contributed by atoms with Crippen LogP contribution in [0.2, 0.25) is 0 Å². The van der Waals surface area contributed by atoms with Gasteiger partial charge in [0.2, 0.25) is 0 Å². The Kier molecular flexibility index (Phi) is 5.36. The molecule has 3 rings (SSSR count). The molecule has 0 spiro atoms. The van der Waals surface area contributed by atoms with Crippen LogP contribution < -0.4 is 4.74 Å². The number of nitrogens with zero attached hydrogens (tertiary/aromatic N) is 3. The largest absolute Gasteiger partial charge is 0.484 e. The van der Waals surface area contributed by atoms with E-state index in [4.69, 9.17) is 14.4 Å². The van der Waals surface area contributed by atoms with Crippen LogP contribution in [0.4, 0.5) is 0 Å². The van der Waals surface area contributed by atoms with E-state index in [1.165, 1.54) is 11.8 Å². The Morgan fingerprint density at radius 1 is 1.12 bits per heavy atom. The topological polar surface area (TPSA) is 71.9 Å². The summed E-state index contributed by atoms with van der Waals surface area (Å²) in [6.07, 6.45) is 0. The fourth-order valence-electron chi connectivity index (χ4n) is 2.41. The summed E-state index contributed by atoms with van der Waals surface area (Å²) < 4.78 is 11.3. The van der Waals surface area contributed by atoms with E-state index < -0.39 is 0 Å². The molecule has 2 aromatic carbocycles. The number of ether oxygens (including phenoxy) is 1. The highest BCUT2D eigenvalue weighted by molar-refractivity contribution is 7.98. The standard InChI is InChI=1S/C19H17N3O2S/c1-13-7-14(2)9-17(8-13)23-11-18-21-22-19(24-18)25-12-16-6-4-3-5-15(16)10-20/h3-9H,11-12H2,1-2H3. The molecule has 0 fully saturated rings. The van der Waals surface area contributed by atoms with Crippen molar-refractivity contribution in [2.75, 3.05) is 0 Å². The van der Waals surface area contributed by atoms with Crippen molar-refractivity contribution in [1.29, 1.82) is 5.26 Å². The van der Waals surface area contributed by atoms with Crippen LogP contribution in [-0.4, -0.2) is 10.2 Å². The number of nitriles is 1. The van der Waals surface area contributed by atoms with Gasteiger partial charge in [0.1, 0.15) is 5.75 Å². The van der Waals surface area contributed by atoms with Crippen molar-refractivity contribution < 1.29 is 9.15 Å². The van der Waals surface area contributed by atoms with E-state index in [2.05, 4.69) is 22.3 Å². The molecule has 3 aromatic rings. The third kappa shape index (κ3) is 4.61. The van der Waals surface area contributed by atoms with Gasteiger partial charge in [-0.15, -0.1) is 10.2 Å². The first-order chi connectivity index (χ1) is 12.1. The number of aryl methyl sites for hydroxylation is 2. The highest BCUT2D eigenvalue weighted by Gasteiger charge is 2.09. The number of hydrogen-bond acceptors (Lipinski definition) is 6. The summed E-state index contributed by atoms with van der Waals surface area (Å²) in [5.74, 6) is 1.81.